The van der Waals surface area contributed by atoms with Crippen LogP contribution in [0.15, 0.2) is 30.9 Å². The van der Waals surface area contributed by atoms with Crippen LogP contribution in [0.25, 0.3) is 12.2 Å². The lowest BCUT2D eigenvalue weighted by Gasteiger charge is -2.14. The predicted octanol–water partition coefficient (Wildman–Crippen LogP) is 7.32. The maximum atomic E-state index is 3.87. The summed E-state index contributed by atoms with van der Waals surface area (Å²) in [6.45, 7) is 18.7. The average molecular weight is 274 g/mol. The number of rotatable bonds is 4. The molecular formula is C20H34. The first-order chi connectivity index (χ1) is 9.65. The second kappa shape index (κ2) is 14.1. The van der Waals surface area contributed by atoms with Crippen molar-refractivity contribution in [2.75, 3.05) is 0 Å². The van der Waals surface area contributed by atoms with Crippen LogP contribution in [0.1, 0.15) is 83.9 Å². The maximum Gasteiger partial charge on any atom is -0.0153 e. The summed E-state index contributed by atoms with van der Waals surface area (Å²) in [6.07, 6.45) is 8.62. The molecule has 0 spiro atoms. The molecule has 0 nitrogen and oxygen atoms in total. The van der Waals surface area contributed by atoms with Crippen molar-refractivity contribution < 1.29 is 0 Å². The number of hydrogen-bond donors (Lipinski definition) is 0. The van der Waals surface area contributed by atoms with Crippen LogP contribution in [0, 0.1) is 0 Å². The molecule has 1 atom stereocenters. The highest BCUT2D eigenvalue weighted by atomic mass is 14.1. The van der Waals surface area contributed by atoms with E-state index in [4.69, 9.17) is 0 Å². The molecule has 0 aliphatic rings. The number of benzene rings is 1. The molecule has 0 saturated carbocycles. The van der Waals surface area contributed by atoms with Gasteiger partial charge in [-0.05, 0) is 36.0 Å². The molecule has 114 valence electrons. The summed E-state index contributed by atoms with van der Waals surface area (Å²) in [5, 5.41) is 0. The SMILES string of the molecule is C=Cc1cccc(C(C)CC)c1/C=C\C.CC.CCC. The van der Waals surface area contributed by atoms with Crippen LogP contribution in [0.2, 0.25) is 0 Å². The second-order valence-electron chi connectivity index (χ2n) is 4.57. The van der Waals surface area contributed by atoms with Gasteiger partial charge in [-0.3, -0.25) is 0 Å². The molecule has 0 aliphatic carbocycles. The molecule has 0 aliphatic heterocycles. The standard InChI is InChI=1S/C15H20.C3H8.C2H6/c1-5-9-15-13(7-3)10-8-11-14(15)12(4)6-2;1-3-2;1-2/h5,7-12H,3,6H2,1-2,4H3;3H2,1-2H3;1-2H3/b9-5-;;. The van der Waals surface area contributed by atoms with E-state index in [0.29, 0.717) is 5.92 Å². The van der Waals surface area contributed by atoms with Gasteiger partial charge in [0.1, 0.15) is 0 Å². The van der Waals surface area contributed by atoms with Gasteiger partial charge in [0.05, 0.1) is 0 Å². The van der Waals surface area contributed by atoms with Gasteiger partial charge in [0, 0.05) is 0 Å². The summed E-state index contributed by atoms with van der Waals surface area (Å²) >= 11 is 0. The third-order valence-corrected chi connectivity index (χ3v) is 2.87. The van der Waals surface area contributed by atoms with Crippen molar-refractivity contribution in [2.45, 2.75) is 67.2 Å². The van der Waals surface area contributed by atoms with Crippen molar-refractivity contribution in [2.24, 2.45) is 0 Å². The first kappa shape index (κ1) is 21.0. The van der Waals surface area contributed by atoms with Crippen LogP contribution in [-0.2, 0) is 0 Å². The van der Waals surface area contributed by atoms with Gasteiger partial charge in [-0.25, -0.2) is 0 Å². The Hall–Kier alpha value is -1.30. The third kappa shape index (κ3) is 7.33. The van der Waals surface area contributed by atoms with Gasteiger partial charge in [0.2, 0.25) is 0 Å². The maximum absolute atomic E-state index is 3.87. The zero-order valence-corrected chi connectivity index (χ0v) is 14.7. The largest absolute Gasteiger partial charge is 0.0984 e. The number of hydrogen-bond acceptors (Lipinski definition) is 0. The Bertz CT molecular complexity index is 372. The highest BCUT2D eigenvalue weighted by Crippen LogP contribution is 2.27. The molecule has 1 unspecified atom stereocenters. The lowest BCUT2D eigenvalue weighted by atomic mass is 9.90. The molecule has 1 rings (SSSR count). The molecule has 1 aromatic carbocycles. The highest BCUT2D eigenvalue weighted by molar-refractivity contribution is 5.67. The van der Waals surface area contributed by atoms with Gasteiger partial charge in [-0.2, -0.15) is 0 Å². The molecule has 20 heavy (non-hydrogen) atoms. The first-order valence-corrected chi connectivity index (χ1v) is 8.04. The molecule has 0 amide bonds. The molecule has 1 aromatic rings. The van der Waals surface area contributed by atoms with E-state index in [2.05, 4.69) is 71.5 Å². The van der Waals surface area contributed by atoms with E-state index in [1.807, 2.05) is 19.9 Å². The summed E-state index contributed by atoms with van der Waals surface area (Å²) in [4.78, 5) is 0. The lowest BCUT2D eigenvalue weighted by Crippen LogP contribution is -1.96. The summed E-state index contributed by atoms with van der Waals surface area (Å²) in [5.41, 5.74) is 3.98. The molecule has 0 aromatic heterocycles. The molecule has 0 saturated heterocycles. The van der Waals surface area contributed by atoms with E-state index < -0.39 is 0 Å². The monoisotopic (exact) mass is 274 g/mol. The van der Waals surface area contributed by atoms with E-state index in [0.717, 1.165) is 0 Å². The summed E-state index contributed by atoms with van der Waals surface area (Å²) in [7, 11) is 0. The van der Waals surface area contributed by atoms with Gasteiger partial charge < -0.3 is 0 Å². The van der Waals surface area contributed by atoms with Crippen molar-refractivity contribution in [1.29, 1.82) is 0 Å². The van der Waals surface area contributed by atoms with Gasteiger partial charge in [0.15, 0.2) is 0 Å². The molecule has 0 N–H and O–H groups in total. The highest BCUT2D eigenvalue weighted by Gasteiger charge is 2.08. The van der Waals surface area contributed by atoms with Crippen LogP contribution >= 0.6 is 0 Å². The quantitative estimate of drug-likeness (QED) is 0.539. The minimum Gasteiger partial charge on any atom is -0.0984 e. The molecule has 0 radical (unpaired) electrons. The molecular weight excluding hydrogens is 240 g/mol. The van der Waals surface area contributed by atoms with Crippen molar-refractivity contribution in [3.8, 4) is 0 Å². The lowest BCUT2D eigenvalue weighted by molar-refractivity contribution is 0.732. The van der Waals surface area contributed by atoms with Crippen molar-refractivity contribution in [1.82, 2.24) is 0 Å². The number of allylic oxidation sites excluding steroid dienone is 1. The van der Waals surface area contributed by atoms with Gasteiger partial charge >= 0.3 is 0 Å². The minimum absolute atomic E-state index is 0.607. The van der Waals surface area contributed by atoms with Gasteiger partial charge in [-0.1, -0.05) is 91.0 Å². The fraction of sp³-hybridized carbons (Fsp3) is 0.500. The van der Waals surface area contributed by atoms with E-state index in [-0.39, 0.29) is 0 Å². The zero-order valence-electron chi connectivity index (χ0n) is 14.7. The van der Waals surface area contributed by atoms with E-state index >= 15 is 0 Å². The average Bonchev–Trinajstić information content (AvgIpc) is 2.50. The van der Waals surface area contributed by atoms with E-state index in [9.17, 15) is 0 Å². The Labute approximate surface area is 127 Å². The summed E-state index contributed by atoms with van der Waals surface area (Å²) in [5.74, 6) is 0.607. The Morgan fingerprint density at radius 2 is 1.70 bits per heavy atom. The van der Waals surface area contributed by atoms with E-state index in [1.54, 1.807) is 0 Å². The topological polar surface area (TPSA) is 0 Å². The van der Waals surface area contributed by atoms with Crippen molar-refractivity contribution in [3.63, 3.8) is 0 Å². The zero-order chi connectivity index (χ0) is 16.0. The van der Waals surface area contributed by atoms with Crippen molar-refractivity contribution >= 4 is 12.2 Å². The molecule has 0 heteroatoms. The first-order valence-electron chi connectivity index (χ1n) is 8.04. The normalized spacial score (nSPS) is 10.9. The Morgan fingerprint density at radius 1 is 1.15 bits per heavy atom. The van der Waals surface area contributed by atoms with Crippen LogP contribution < -0.4 is 0 Å². The fourth-order valence-corrected chi connectivity index (χ4v) is 1.79. The Balaban J connectivity index is 0. The fourth-order valence-electron chi connectivity index (χ4n) is 1.79. The predicted molar refractivity (Wildman–Crippen MR) is 97.3 cm³/mol. The Morgan fingerprint density at radius 3 is 2.10 bits per heavy atom. The van der Waals surface area contributed by atoms with Gasteiger partial charge in [-0.15, -0.1) is 0 Å². The molecule has 0 bridgehead atoms. The molecule has 0 heterocycles. The van der Waals surface area contributed by atoms with Crippen molar-refractivity contribution in [3.05, 3.63) is 47.5 Å². The minimum atomic E-state index is 0.607. The van der Waals surface area contributed by atoms with Crippen LogP contribution in [0.4, 0.5) is 0 Å². The van der Waals surface area contributed by atoms with Crippen LogP contribution in [0.3, 0.4) is 0 Å². The third-order valence-electron chi connectivity index (χ3n) is 2.87. The van der Waals surface area contributed by atoms with E-state index in [1.165, 1.54) is 29.5 Å². The van der Waals surface area contributed by atoms with Crippen LogP contribution in [0.5, 0.6) is 0 Å². The smallest absolute Gasteiger partial charge is 0.0153 e. The Kier molecular flexibility index (Phi) is 14.8. The van der Waals surface area contributed by atoms with Crippen LogP contribution in [-0.4, -0.2) is 0 Å². The van der Waals surface area contributed by atoms with Gasteiger partial charge in [0.25, 0.3) is 0 Å². The second-order valence-corrected chi connectivity index (χ2v) is 4.57. The summed E-state index contributed by atoms with van der Waals surface area (Å²) in [6, 6.07) is 6.45. The summed E-state index contributed by atoms with van der Waals surface area (Å²) < 4.78 is 0. The molecule has 0 fully saturated rings.